The van der Waals surface area contributed by atoms with Gasteiger partial charge in [-0.25, -0.2) is 4.98 Å². The van der Waals surface area contributed by atoms with Crippen molar-refractivity contribution in [2.45, 2.75) is 38.5 Å². The molecule has 0 amide bonds. The van der Waals surface area contributed by atoms with E-state index in [1.807, 2.05) is 13.8 Å². The lowest BCUT2D eigenvalue weighted by Gasteiger charge is -2.09. The fraction of sp³-hybridized carbons (Fsp3) is 0.750. The second-order valence-electron chi connectivity index (χ2n) is 4.26. The van der Waals surface area contributed by atoms with Crippen LogP contribution in [0.25, 0.3) is 0 Å². The van der Waals surface area contributed by atoms with Crippen molar-refractivity contribution in [3.05, 3.63) is 16.1 Å². The Balaban J connectivity index is 1.98. The molecular formula is C12H20N2O2S. The molecule has 2 heterocycles. The summed E-state index contributed by atoms with van der Waals surface area (Å²) in [7, 11) is 1.76. The summed E-state index contributed by atoms with van der Waals surface area (Å²) in [5.74, 6) is 0. The minimum atomic E-state index is 0.0957. The first kappa shape index (κ1) is 13.0. The average molecular weight is 256 g/mol. The average Bonchev–Trinajstić information content (AvgIpc) is 2.98. The molecule has 0 bridgehead atoms. The Morgan fingerprint density at radius 1 is 1.65 bits per heavy atom. The lowest BCUT2D eigenvalue weighted by molar-refractivity contribution is 0.0760. The summed E-state index contributed by atoms with van der Waals surface area (Å²) in [6.07, 6.45) is 1.41. The Labute approximate surface area is 106 Å². The van der Waals surface area contributed by atoms with Crippen LogP contribution in [0.4, 0.5) is 0 Å². The summed E-state index contributed by atoms with van der Waals surface area (Å²) < 4.78 is 10.9. The van der Waals surface area contributed by atoms with E-state index in [2.05, 4.69) is 15.7 Å². The van der Waals surface area contributed by atoms with E-state index >= 15 is 0 Å². The Hall–Kier alpha value is -0.490. The van der Waals surface area contributed by atoms with Crippen molar-refractivity contribution in [2.75, 3.05) is 20.3 Å². The van der Waals surface area contributed by atoms with Gasteiger partial charge in [0.05, 0.1) is 17.8 Å². The number of hydrogen-bond donors (Lipinski definition) is 1. The number of aromatic nitrogens is 1. The zero-order valence-corrected chi connectivity index (χ0v) is 11.4. The van der Waals surface area contributed by atoms with Gasteiger partial charge in [-0.05, 0) is 20.3 Å². The van der Waals surface area contributed by atoms with Gasteiger partial charge in [0, 0.05) is 25.6 Å². The summed E-state index contributed by atoms with van der Waals surface area (Å²) in [5, 5.41) is 6.62. The lowest BCUT2D eigenvalue weighted by Crippen LogP contribution is -2.16. The van der Waals surface area contributed by atoms with Gasteiger partial charge in [0.25, 0.3) is 0 Å². The monoisotopic (exact) mass is 256 g/mol. The van der Waals surface area contributed by atoms with Crippen LogP contribution in [0.15, 0.2) is 5.38 Å². The summed E-state index contributed by atoms with van der Waals surface area (Å²) in [6.45, 7) is 5.69. The van der Waals surface area contributed by atoms with Crippen molar-refractivity contribution < 1.29 is 9.47 Å². The molecular weight excluding hydrogens is 236 g/mol. The third-order valence-corrected chi connectivity index (χ3v) is 4.11. The van der Waals surface area contributed by atoms with Crippen LogP contribution in [-0.2, 0) is 9.47 Å². The van der Waals surface area contributed by atoms with Crippen LogP contribution in [0, 0.1) is 0 Å². The number of nitrogens with one attached hydrogen (secondary N) is 1. The van der Waals surface area contributed by atoms with E-state index in [9.17, 15) is 0 Å². The third-order valence-electron chi connectivity index (χ3n) is 3.09. The molecule has 5 heteroatoms. The van der Waals surface area contributed by atoms with Crippen molar-refractivity contribution in [1.29, 1.82) is 0 Å². The van der Waals surface area contributed by atoms with Crippen molar-refractivity contribution in [3.8, 4) is 0 Å². The van der Waals surface area contributed by atoms with Crippen LogP contribution in [0.1, 0.15) is 43.1 Å². The van der Waals surface area contributed by atoms with Gasteiger partial charge in [-0.2, -0.15) is 0 Å². The van der Waals surface area contributed by atoms with Crippen molar-refractivity contribution in [3.63, 3.8) is 0 Å². The fourth-order valence-electron chi connectivity index (χ4n) is 2.08. The van der Waals surface area contributed by atoms with Crippen LogP contribution >= 0.6 is 11.3 Å². The smallest absolute Gasteiger partial charge is 0.122 e. The Kier molecular flexibility index (Phi) is 4.50. The van der Waals surface area contributed by atoms with Gasteiger partial charge in [0.1, 0.15) is 11.1 Å². The van der Waals surface area contributed by atoms with Crippen molar-refractivity contribution in [1.82, 2.24) is 10.3 Å². The highest BCUT2D eigenvalue weighted by Crippen LogP contribution is 2.28. The molecule has 96 valence electrons. The van der Waals surface area contributed by atoms with Gasteiger partial charge in [-0.3, -0.25) is 0 Å². The van der Waals surface area contributed by atoms with E-state index in [0.29, 0.717) is 12.1 Å². The maximum absolute atomic E-state index is 5.55. The second kappa shape index (κ2) is 5.91. The molecule has 4 nitrogen and oxygen atoms in total. The zero-order chi connectivity index (χ0) is 12.3. The van der Waals surface area contributed by atoms with Crippen molar-refractivity contribution >= 4 is 11.3 Å². The topological polar surface area (TPSA) is 43.4 Å². The predicted octanol–water partition coefficient (Wildman–Crippen LogP) is 2.29. The van der Waals surface area contributed by atoms with E-state index in [1.54, 1.807) is 18.4 Å². The lowest BCUT2D eigenvalue weighted by atomic mass is 10.1. The molecule has 3 unspecified atom stereocenters. The highest BCUT2D eigenvalue weighted by molar-refractivity contribution is 7.09. The summed E-state index contributed by atoms with van der Waals surface area (Å²) in [5.41, 5.74) is 1.12. The van der Waals surface area contributed by atoms with Crippen LogP contribution < -0.4 is 5.32 Å². The highest BCUT2D eigenvalue weighted by atomic mass is 32.1. The molecule has 0 aliphatic carbocycles. The molecule has 2 rings (SSSR count). The molecule has 0 aromatic carbocycles. The predicted molar refractivity (Wildman–Crippen MR) is 68.3 cm³/mol. The molecule has 0 saturated carbocycles. The summed E-state index contributed by atoms with van der Waals surface area (Å²) in [4.78, 5) is 4.65. The number of methoxy groups -OCH3 is 1. The summed E-state index contributed by atoms with van der Waals surface area (Å²) >= 11 is 1.68. The van der Waals surface area contributed by atoms with Gasteiger partial charge in [0.2, 0.25) is 0 Å². The Morgan fingerprint density at radius 3 is 3.12 bits per heavy atom. The largest absolute Gasteiger partial charge is 0.380 e. The standard InChI is InChI=1S/C12H20N2O2S/c1-4-16-8(2)12-14-11(7-17-12)10-5-9(15-3)6-13-10/h7-10,13H,4-6H2,1-3H3. The van der Waals surface area contributed by atoms with Crippen LogP contribution in [-0.4, -0.2) is 31.3 Å². The molecule has 0 radical (unpaired) electrons. The Morgan fingerprint density at radius 2 is 2.47 bits per heavy atom. The summed E-state index contributed by atoms with van der Waals surface area (Å²) in [6, 6.07) is 0.332. The number of nitrogens with zero attached hydrogens (tertiary/aromatic N) is 1. The number of ether oxygens (including phenoxy) is 2. The molecule has 1 aliphatic heterocycles. The molecule has 1 aliphatic rings. The second-order valence-corrected chi connectivity index (χ2v) is 5.15. The fourth-order valence-corrected chi connectivity index (χ4v) is 2.95. The molecule has 0 spiro atoms. The van der Waals surface area contributed by atoms with Gasteiger partial charge in [0.15, 0.2) is 0 Å². The van der Waals surface area contributed by atoms with E-state index in [1.165, 1.54) is 0 Å². The molecule has 1 fully saturated rings. The normalized spacial score (nSPS) is 26.3. The van der Waals surface area contributed by atoms with Gasteiger partial charge in [-0.1, -0.05) is 0 Å². The van der Waals surface area contributed by atoms with E-state index in [4.69, 9.17) is 9.47 Å². The maximum atomic E-state index is 5.55. The van der Waals surface area contributed by atoms with Gasteiger partial charge < -0.3 is 14.8 Å². The van der Waals surface area contributed by atoms with E-state index in [-0.39, 0.29) is 6.10 Å². The van der Waals surface area contributed by atoms with Crippen LogP contribution in [0.2, 0.25) is 0 Å². The number of thiazole rings is 1. The van der Waals surface area contributed by atoms with Gasteiger partial charge >= 0.3 is 0 Å². The number of rotatable bonds is 5. The molecule has 1 aromatic heterocycles. The molecule has 3 atom stereocenters. The van der Waals surface area contributed by atoms with Crippen LogP contribution in [0.5, 0.6) is 0 Å². The Bertz CT molecular complexity index is 356. The number of hydrogen-bond acceptors (Lipinski definition) is 5. The van der Waals surface area contributed by atoms with E-state index in [0.717, 1.165) is 30.3 Å². The molecule has 1 N–H and O–H groups in total. The zero-order valence-electron chi connectivity index (χ0n) is 10.6. The minimum absolute atomic E-state index is 0.0957. The van der Waals surface area contributed by atoms with Gasteiger partial charge in [-0.15, -0.1) is 11.3 Å². The first-order valence-electron chi connectivity index (χ1n) is 6.07. The molecule has 1 saturated heterocycles. The van der Waals surface area contributed by atoms with Crippen molar-refractivity contribution in [2.24, 2.45) is 0 Å². The SMILES string of the molecule is CCOC(C)c1nc(C2CC(OC)CN2)cs1. The molecule has 17 heavy (non-hydrogen) atoms. The third kappa shape index (κ3) is 3.04. The molecule has 1 aromatic rings. The first-order chi connectivity index (χ1) is 8.24. The highest BCUT2D eigenvalue weighted by Gasteiger charge is 2.27. The first-order valence-corrected chi connectivity index (χ1v) is 6.95. The van der Waals surface area contributed by atoms with E-state index < -0.39 is 0 Å². The minimum Gasteiger partial charge on any atom is -0.380 e. The maximum Gasteiger partial charge on any atom is 0.122 e. The quantitative estimate of drug-likeness (QED) is 0.878. The van der Waals surface area contributed by atoms with Crippen LogP contribution in [0.3, 0.4) is 0 Å².